The summed E-state index contributed by atoms with van der Waals surface area (Å²) in [5, 5.41) is 12.5. The van der Waals surface area contributed by atoms with Crippen molar-refractivity contribution in [3.8, 4) is 5.75 Å². The van der Waals surface area contributed by atoms with Crippen molar-refractivity contribution in [2.75, 3.05) is 0 Å². The van der Waals surface area contributed by atoms with E-state index in [2.05, 4.69) is 27.9 Å². The van der Waals surface area contributed by atoms with Gasteiger partial charge in [-0.05, 0) is 65.4 Å². The molecule has 0 aliphatic rings. The summed E-state index contributed by atoms with van der Waals surface area (Å²) in [5.74, 6) is -0.741. The van der Waals surface area contributed by atoms with Gasteiger partial charge in [-0.1, -0.05) is 12.1 Å². The molecular formula is C15H13FINO2. The third kappa shape index (κ3) is 3.47. The zero-order valence-electron chi connectivity index (χ0n) is 10.7. The second-order valence-electron chi connectivity index (χ2n) is 4.41. The van der Waals surface area contributed by atoms with Crippen molar-refractivity contribution in [1.82, 2.24) is 5.32 Å². The van der Waals surface area contributed by atoms with Crippen LogP contribution in [0.5, 0.6) is 5.75 Å². The molecule has 0 saturated heterocycles. The maximum Gasteiger partial charge on any atom is 0.255 e. The van der Waals surface area contributed by atoms with E-state index in [9.17, 15) is 14.3 Å². The Labute approximate surface area is 130 Å². The molecule has 0 aliphatic carbocycles. The molecule has 2 N–H and O–H groups in total. The third-order valence-corrected chi connectivity index (χ3v) is 3.59. The summed E-state index contributed by atoms with van der Waals surface area (Å²) in [5.41, 5.74) is 1.02. The maximum absolute atomic E-state index is 12.9. The highest BCUT2D eigenvalue weighted by Gasteiger charge is 2.15. The van der Waals surface area contributed by atoms with E-state index >= 15 is 0 Å². The number of halogens is 2. The minimum absolute atomic E-state index is 0.0609. The van der Waals surface area contributed by atoms with Crippen molar-refractivity contribution in [2.45, 2.75) is 13.0 Å². The molecule has 1 atom stereocenters. The Bertz CT molecular complexity index is 628. The monoisotopic (exact) mass is 385 g/mol. The SMILES string of the molecule is CC(NC(=O)c1cc(I)ccc1O)c1ccc(F)cc1. The lowest BCUT2D eigenvalue weighted by molar-refractivity contribution is 0.0937. The first kappa shape index (κ1) is 14.8. The van der Waals surface area contributed by atoms with Gasteiger partial charge < -0.3 is 10.4 Å². The van der Waals surface area contributed by atoms with Gasteiger partial charge in [0.05, 0.1) is 11.6 Å². The van der Waals surface area contributed by atoms with Gasteiger partial charge in [-0.3, -0.25) is 4.79 Å². The van der Waals surface area contributed by atoms with Crippen LogP contribution in [0.25, 0.3) is 0 Å². The number of rotatable bonds is 3. The standard InChI is InChI=1S/C15H13FINO2/c1-9(10-2-4-11(16)5-3-10)18-15(20)13-8-12(17)6-7-14(13)19/h2-9,19H,1H3,(H,18,20). The van der Waals surface area contributed by atoms with Crippen molar-refractivity contribution in [3.63, 3.8) is 0 Å². The number of hydrogen-bond donors (Lipinski definition) is 2. The number of nitrogens with one attached hydrogen (secondary N) is 1. The molecular weight excluding hydrogens is 372 g/mol. The molecule has 0 aliphatic heterocycles. The van der Waals surface area contributed by atoms with Gasteiger partial charge in [-0.25, -0.2) is 4.39 Å². The molecule has 0 spiro atoms. The second-order valence-corrected chi connectivity index (χ2v) is 5.65. The van der Waals surface area contributed by atoms with E-state index in [4.69, 9.17) is 0 Å². The van der Waals surface area contributed by atoms with Gasteiger partial charge in [0.15, 0.2) is 0 Å². The van der Waals surface area contributed by atoms with Gasteiger partial charge in [0.25, 0.3) is 5.91 Å². The van der Waals surface area contributed by atoms with E-state index in [0.717, 1.165) is 9.13 Å². The number of aromatic hydroxyl groups is 1. The Morgan fingerprint density at radius 2 is 1.90 bits per heavy atom. The molecule has 5 heteroatoms. The normalized spacial score (nSPS) is 11.9. The molecule has 20 heavy (non-hydrogen) atoms. The lowest BCUT2D eigenvalue weighted by Crippen LogP contribution is -2.26. The number of carbonyl (C=O) groups excluding carboxylic acids is 1. The Kier molecular flexibility index (Phi) is 4.59. The Morgan fingerprint density at radius 3 is 2.55 bits per heavy atom. The number of carbonyl (C=O) groups is 1. The number of benzene rings is 2. The van der Waals surface area contributed by atoms with Crippen LogP contribution in [0.2, 0.25) is 0 Å². The largest absolute Gasteiger partial charge is 0.507 e. The number of amides is 1. The molecule has 0 fully saturated rings. The van der Waals surface area contributed by atoms with E-state index < -0.39 is 0 Å². The lowest BCUT2D eigenvalue weighted by atomic mass is 10.1. The Morgan fingerprint density at radius 1 is 1.25 bits per heavy atom. The number of phenolic OH excluding ortho intramolecular Hbond substituents is 1. The van der Waals surface area contributed by atoms with Gasteiger partial charge in [0.1, 0.15) is 11.6 Å². The summed E-state index contributed by atoms with van der Waals surface area (Å²) in [4.78, 5) is 12.1. The van der Waals surface area contributed by atoms with Crippen LogP contribution in [0.3, 0.4) is 0 Å². The van der Waals surface area contributed by atoms with Crippen LogP contribution in [0.15, 0.2) is 42.5 Å². The van der Waals surface area contributed by atoms with E-state index in [-0.39, 0.29) is 29.1 Å². The van der Waals surface area contributed by atoms with Crippen molar-refractivity contribution in [3.05, 3.63) is 63.0 Å². The van der Waals surface area contributed by atoms with E-state index in [1.165, 1.54) is 18.2 Å². The molecule has 1 unspecified atom stereocenters. The molecule has 0 aromatic heterocycles. The lowest BCUT2D eigenvalue weighted by Gasteiger charge is -2.15. The third-order valence-electron chi connectivity index (χ3n) is 2.92. The summed E-state index contributed by atoms with van der Waals surface area (Å²) in [7, 11) is 0. The molecule has 2 aromatic rings. The first-order valence-corrected chi connectivity index (χ1v) is 7.10. The van der Waals surface area contributed by atoms with Gasteiger partial charge >= 0.3 is 0 Å². The van der Waals surface area contributed by atoms with Crippen LogP contribution in [-0.2, 0) is 0 Å². The minimum atomic E-state index is -0.363. The fourth-order valence-corrected chi connectivity index (χ4v) is 2.29. The predicted molar refractivity (Wildman–Crippen MR) is 83.1 cm³/mol. The fraction of sp³-hybridized carbons (Fsp3) is 0.133. The highest BCUT2D eigenvalue weighted by atomic mass is 127. The van der Waals surface area contributed by atoms with Crippen molar-refractivity contribution >= 4 is 28.5 Å². The van der Waals surface area contributed by atoms with Gasteiger partial charge in [0.2, 0.25) is 0 Å². The van der Waals surface area contributed by atoms with E-state index in [1.54, 1.807) is 31.2 Å². The first-order valence-electron chi connectivity index (χ1n) is 6.02. The van der Waals surface area contributed by atoms with Crippen molar-refractivity contribution in [1.29, 1.82) is 0 Å². The molecule has 0 saturated carbocycles. The summed E-state index contributed by atoms with van der Waals surface area (Å²) in [6.07, 6.45) is 0. The molecule has 1 amide bonds. The highest BCUT2D eigenvalue weighted by Crippen LogP contribution is 2.21. The van der Waals surface area contributed by atoms with Crippen LogP contribution in [-0.4, -0.2) is 11.0 Å². The van der Waals surface area contributed by atoms with Crippen LogP contribution < -0.4 is 5.32 Å². The van der Waals surface area contributed by atoms with Gasteiger partial charge in [-0.2, -0.15) is 0 Å². The highest BCUT2D eigenvalue weighted by molar-refractivity contribution is 14.1. The molecule has 3 nitrogen and oxygen atoms in total. The van der Waals surface area contributed by atoms with Crippen LogP contribution in [0.1, 0.15) is 28.9 Å². The first-order chi connectivity index (χ1) is 9.47. The quantitative estimate of drug-likeness (QED) is 0.793. The zero-order valence-corrected chi connectivity index (χ0v) is 12.9. The van der Waals surface area contributed by atoms with Crippen LogP contribution >= 0.6 is 22.6 Å². The van der Waals surface area contributed by atoms with E-state index in [0.29, 0.717) is 0 Å². The Balaban J connectivity index is 2.15. The Hall–Kier alpha value is -1.63. The summed E-state index contributed by atoms with van der Waals surface area (Å²) < 4.78 is 13.7. The van der Waals surface area contributed by atoms with Gasteiger partial charge in [-0.15, -0.1) is 0 Å². The topological polar surface area (TPSA) is 49.3 Å². The van der Waals surface area contributed by atoms with Crippen LogP contribution in [0.4, 0.5) is 4.39 Å². The minimum Gasteiger partial charge on any atom is -0.507 e. The smallest absolute Gasteiger partial charge is 0.255 e. The average Bonchev–Trinajstić information content (AvgIpc) is 2.42. The number of phenols is 1. The molecule has 0 bridgehead atoms. The molecule has 104 valence electrons. The van der Waals surface area contributed by atoms with Gasteiger partial charge in [0, 0.05) is 3.57 Å². The fourth-order valence-electron chi connectivity index (χ4n) is 1.80. The molecule has 2 rings (SSSR count). The predicted octanol–water partition coefficient (Wildman–Crippen LogP) is 3.63. The molecule has 2 aromatic carbocycles. The summed E-state index contributed by atoms with van der Waals surface area (Å²) >= 11 is 2.07. The van der Waals surface area contributed by atoms with E-state index in [1.807, 2.05) is 0 Å². The maximum atomic E-state index is 12.9. The average molecular weight is 385 g/mol. The molecule has 0 heterocycles. The van der Waals surface area contributed by atoms with Crippen molar-refractivity contribution in [2.24, 2.45) is 0 Å². The zero-order chi connectivity index (χ0) is 14.7. The summed E-state index contributed by atoms with van der Waals surface area (Å²) in [6.45, 7) is 1.80. The molecule has 0 radical (unpaired) electrons. The van der Waals surface area contributed by atoms with Crippen molar-refractivity contribution < 1.29 is 14.3 Å². The summed E-state index contributed by atoms with van der Waals surface area (Å²) in [6, 6.07) is 10.5. The van der Waals surface area contributed by atoms with Crippen LogP contribution in [0, 0.1) is 9.39 Å². The number of hydrogen-bond acceptors (Lipinski definition) is 2. The second kappa shape index (κ2) is 6.21.